The monoisotopic (exact) mass is 445 g/mol. The van der Waals surface area contributed by atoms with Crippen LogP contribution < -0.4 is 10.9 Å². The number of nitrogens with one attached hydrogen (secondary N) is 1. The molecule has 1 aliphatic heterocycles. The molecule has 2 aromatic heterocycles. The van der Waals surface area contributed by atoms with Gasteiger partial charge in [0.15, 0.2) is 0 Å². The molecule has 1 aromatic carbocycles. The Hall–Kier alpha value is -3.43. The Morgan fingerprint density at radius 2 is 2.09 bits per heavy atom. The van der Waals surface area contributed by atoms with Crippen molar-refractivity contribution >= 4 is 22.8 Å². The second kappa shape index (κ2) is 8.60. The smallest absolute Gasteiger partial charge is 0.266 e. The second-order valence-electron chi connectivity index (χ2n) is 7.85. The molecule has 0 aliphatic carbocycles. The fourth-order valence-electron chi connectivity index (χ4n) is 4.11. The maximum absolute atomic E-state index is 14.4. The first kappa shape index (κ1) is 21.8. The summed E-state index contributed by atoms with van der Waals surface area (Å²) in [5.41, 5.74) is 0.158. The molecule has 0 spiro atoms. The van der Waals surface area contributed by atoms with Crippen molar-refractivity contribution in [1.82, 2.24) is 19.4 Å². The first-order valence-corrected chi connectivity index (χ1v) is 10.2. The van der Waals surface area contributed by atoms with E-state index in [9.17, 15) is 22.8 Å². The minimum absolute atomic E-state index is 0.0381. The molecular formula is C22H22F3N5O2. The van der Waals surface area contributed by atoms with Crippen molar-refractivity contribution in [2.24, 2.45) is 7.05 Å². The predicted octanol–water partition coefficient (Wildman–Crippen LogP) is 3.35. The Morgan fingerprint density at radius 3 is 2.78 bits per heavy atom. The summed E-state index contributed by atoms with van der Waals surface area (Å²) in [5.74, 6) is -0.758. The number of pyridine rings is 1. The largest absolute Gasteiger partial charge is 0.365 e. The van der Waals surface area contributed by atoms with Crippen LogP contribution in [-0.2, 0) is 18.4 Å². The van der Waals surface area contributed by atoms with Gasteiger partial charge in [0.2, 0.25) is 5.91 Å². The number of aryl methyl sites for hydroxylation is 1. The molecule has 0 bridgehead atoms. The highest BCUT2D eigenvalue weighted by Gasteiger charge is 2.28. The highest BCUT2D eigenvalue weighted by molar-refractivity contribution is 5.87. The van der Waals surface area contributed by atoms with Crippen LogP contribution in [-0.4, -0.2) is 38.4 Å². The Labute approximate surface area is 181 Å². The van der Waals surface area contributed by atoms with E-state index in [1.165, 1.54) is 30.0 Å². The number of nitrogens with zero attached hydrogens (tertiary/aromatic N) is 4. The maximum Gasteiger partial charge on any atom is 0.266 e. The highest BCUT2D eigenvalue weighted by Crippen LogP contribution is 2.29. The summed E-state index contributed by atoms with van der Waals surface area (Å²) < 4.78 is 41.8. The number of rotatable bonds is 5. The summed E-state index contributed by atoms with van der Waals surface area (Å²) in [4.78, 5) is 34.7. The summed E-state index contributed by atoms with van der Waals surface area (Å²) in [6.07, 6.45) is -0.960. The summed E-state index contributed by atoms with van der Waals surface area (Å²) in [6, 6.07) is 5.56. The molecule has 1 amide bonds. The van der Waals surface area contributed by atoms with Crippen molar-refractivity contribution in [1.29, 1.82) is 0 Å². The molecule has 3 heterocycles. The average Bonchev–Trinajstić information content (AvgIpc) is 3.25. The standard InChI is InChI=1S/C22H22F3N5O2/c1-12(31)30-7-6-14(10-30)16-8-17-20(27-11-28-21(17)29(2)22(16)32)26-9-13-4-3-5-15(18(13)23)19(24)25/h3-5,8,11,14,19H,6-7,9-10H2,1-2H3,(H,26,27,28)/t14-/m1/s1. The number of halogens is 3. The number of alkyl halides is 2. The lowest BCUT2D eigenvalue weighted by Crippen LogP contribution is -2.28. The van der Waals surface area contributed by atoms with Gasteiger partial charge in [0, 0.05) is 50.7 Å². The lowest BCUT2D eigenvalue weighted by Gasteiger charge is -2.16. The maximum atomic E-state index is 14.4. The summed E-state index contributed by atoms with van der Waals surface area (Å²) in [7, 11) is 1.61. The van der Waals surface area contributed by atoms with E-state index in [1.54, 1.807) is 18.0 Å². The number of aromatic nitrogens is 3. The van der Waals surface area contributed by atoms with Crippen LogP contribution >= 0.6 is 0 Å². The average molecular weight is 445 g/mol. The molecular weight excluding hydrogens is 423 g/mol. The molecule has 1 saturated heterocycles. The van der Waals surface area contributed by atoms with Gasteiger partial charge >= 0.3 is 0 Å². The first-order chi connectivity index (χ1) is 15.3. The summed E-state index contributed by atoms with van der Waals surface area (Å²) in [6.45, 7) is 2.46. The molecule has 32 heavy (non-hydrogen) atoms. The van der Waals surface area contributed by atoms with Crippen LogP contribution in [0.5, 0.6) is 0 Å². The molecule has 0 radical (unpaired) electrons. The van der Waals surface area contributed by atoms with Crippen LogP contribution in [0.2, 0.25) is 0 Å². The number of amides is 1. The van der Waals surface area contributed by atoms with Gasteiger partial charge in [-0.05, 0) is 12.5 Å². The van der Waals surface area contributed by atoms with E-state index >= 15 is 0 Å². The zero-order valence-corrected chi connectivity index (χ0v) is 17.6. The van der Waals surface area contributed by atoms with E-state index in [0.717, 1.165) is 6.07 Å². The molecule has 1 aliphatic rings. The lowest BCUT2D eigenvalue weighted by molar-refractivity contribution is -0.127. The van der Waals surface area contributed by atoms with E-state index in [4.69, 9.17) is 0 Å². The van der Waals surface area contributed by atoms with E-state index in [0.29, 0.717) is 41.9 Å². The number of carbonyl (C=O) groups excluding carboxylic acids is 1. The van der Waals surface area contributed by atoms with Crippen LogP contribution in [0.15, 0.2) is 35.4 Å². The SMILES string of the molecule is CC(=O)N1CC[C@@H](c2cc3c(NCc4cccc(C(F)F)c4F)ncnc3n(C)c2=O)C1. The van der Waals surface area contributed by atoms with Crippen molar-refractivity contribution < 1.29 is 18.0 Å². The molecule has 7 nitrogen and oxygen atoms in total. The molecule has 0 saturated carbocycles. The Bertz CT molecular complexity index is 1240. The minimum atomic E-state index is -2.91. The molecule has 1 N–H and O–H groups in total. The predicted molar refractivity (Wildman–Crippen MR) is 113 cm³/mol. The van der Waals surface area contributed by atoms with E-state index < -0.39 is 17.8 Å². The number of anilines is 1. The van der Waals surface area contributed by atoms with Crippen molar-refractivity contribution in [3.63, 3.8) is 0 Å². The van der Waals surface area contributed by atoms with Gasteiger partial charge in [0.1, 0.15) is 23.6 Å². The van der Waals surface area contributed by atoms with Crippen molar-refractivity contribution in [2.75, 3.05) is 18.4 Å². The van der Waals surface area contributed by atoms with E-state index in [2.05, 4.69) is 15.3 Å². The van der Waals surface area contributed by atoms with Crippen molar-refractivity contribution in [3.05, 3.63) is 63.5 Å². The van der Waals surface area contributed by atoms with Gasteiger partial charge in [-0.25, -0.2) is 23.1 Å². The molecule has 3 aromatic rings. The minimum Gasteiger partial charge on any atom is -0.365 e. The van der Waals surface area contributed by atoms with Gasteiger partial charge in [-0.2, -0.15) is 0 Å². The lowest BCUT2D eigenvalue weighted by atomic mass is 9.98. The van der Waals surface area contributed by atoms with Gasteiger partial charge in [0.25, 0.3) is 12.0 Å². The van der Waals surface area contributed by atoms with Crippen LogP contribution in [0, 0.1) is 5.82 Å². The third-order valence-corrected chi connectivity index (χ3v) is 5.90. The Morgan fingerprint density at radius 1 is 1.31 bits per heavy atom. The number of benzene rings is 1. The van der Waals surface area contributed by atoms with Gasteiger partial charge in [0.05, 0.1) is 10.9 Å². The van der Waals surface area contributed by atoms with Crippen LogP contribution in [0.3, 0.4) is 0 Å². The number of carbonyl (C=O) groups is 1. The quantitative estimate of drug-likeness (QED) is 0.652. The van der Waals surface area contributed by atoms with Gasteiger partial charge in [-0.1, -0.05) is 18.2 Å². The van der Waals surface area contributed by atoms with Gasteiger partial charge in [-0.15, -0.1) is 0 Å². The first-order valence-electron chi connectivity index (χ1n) is 10.2. The molecule has 4 rings (SSSR count). The van der Waals surface area contributed by atoms with Crippen LogP contribution in [0.25, 0.3) is 11.0 Å². The molecule has 0 unspecified atom stereocenters. The molecule has 1 fully saturated rings. The zero-order valence-electron chi connectivity index (χ0n) is 17.6. The number of fused-ring (bicyclic) bond motifs is 1. The molecule has 168 valence electrons. The Kier molecular flexibility index (Phi) is 5.86. The van der Waals surface area contributed by atoms with Crippen molar-refractivity contribution in [2.45, 2.75) is 32.2 Å². The van der Waals surface area contributed by atoms with Crippen LogP contribution in [0.1, 0.15) is 42.4 Å². The summed E-state index contributed by atoms with van der Waals surface area (Å²) >= 11 is 0. The fraction of sp³-hybridized carbons (Fsp3) is 0.364. The van der Waals surface area contributed by atoms with Gasteiger partial charge < -0.3 is 10.2 Å². The summed E-state index contributed by atoms with van der Waals surface area (Å²) in [5, 5.41) is 3.54. The van der Waals surface area contributed by atoms with E-state index in [1.807, 2.05) is 0 Å². The second-order valence-corrected chi connectivity index (χ2v) is 7.85. The molecule has 1 atom stereocenters. The highest BCUT2D eigenvalue weighted by atomic mass is 19.3. The number of likely N-dealkylation sites (tertiary alicyclic amines) is 1. The number of hydrogen-bond donors (Lipinski definition) is 1. The topological polar surface area (TPSA) is 80.1 Å². The van der Waals surface area contributed by atoms with E-state index in [-0.39, 0.29) is 29.5 Å². The van der Waals surface area contributed by atoms with Gasteiger partial charge in [-0.3, -0.25) is 14.2 Å². The zero-order chi connectivity index (χ0) is 23.0. The third-order valence-electron chi connectivity index (χ3n) is 5.90. The fourth-order valence-corrected chi connectivity index (χ4v) is 4.11. The number of hydrogen-bond acceptors (Lipinski definition) is 5. The van der Waals surface area contributed by atoms with Crippen molar-refractivity contribution in [3.8, 4) is 0 Å². The Balaban J connectivity index is 1.69. The third kappa shape index (κ3) is 3.92. The normalized spacial score (nSPS) is 16.2. The van der Waals surface area contributed by atoms with Crippen LogP contribution in [0.4, 0.5) is 19.0 Å². The molecule has 10 heteroatoms.